The van der Waals surface area contributed by atoms with E-state index < -0.39 is 22.9 Å². The molecule has 0 spiro atoms. The molecular weight excluding hydrogens is 1160 g/mol. The molecule has 0 atom stereocenters. The third kappa shape index (κ3) is 10.3. The van der Waals surface area contributed by atoms with Crippen LogP contribution in [-0.4, -0.2) is 9.55 Å². The Morgan fingerprint density at radius 3 is 1.82 bits per heavy atom. The van der Waals surface area contributed by atoms with Crippen LogP contribution in [0.1, 0.15) is 114 Å². The van der Waals surface area contributed by atoms with Crippen molar-refractivity contribution in [1.82, 2.24) is 9.55 Å². The van der Waals surface area contributed by atoms with E-state index in [0.29, 0.717) is 28.4 Å². The SMILES string of the molecule is Cc1cccc(C)c1-c1cc(Oc2[c-]c3c(cc2)c2ccccc2n3-c2cc(C(C)(C)C)ccn2)[c-]c(N2[CH-]N(c3c(-c4cc(C(C)C)cc(C(C)C)c4)cc(C(C)(C)C)cc3-c3c(F)cc(F)cc3F)c3ccccc32)c1.[Pt]. The van der Waals surface area contributed by atoms with Crippen LogP contribution in [0.5, 0.6) is 11.5 Å². The van der Waals surface area contributed by atoms with E-state index in [-0.39, 0.29) is 43.9 Å². The van der Waals surface area contributed by atoms with Gasteiger partial charge >= 0.3 is 0 Å². The predicted octanol–water partition coefficient (Wildman–Crippen LogP) is 19.9. The molecular formula is C70H64F3N4OPt-3. The zero-order valence-electron chi connectivity index (χ0n) is 46.8. The molecule has 10 aromatic rings. The van der Waals surface area contributed by atoms with Crippen molar-refractivity contribution in [3.05, 3.63) is 221 Å². The monoisotopic (exact) mass is 1230 g/mol. The predicted molar refractivity (Wildman–Crippen MR) is 315 cm³/mol. The third-order valence-electron chi connectivity index (χ3n) is 15.2. The van der Waals surface area contributed by atoms with E-state index in [2.05, 4.69) is 190 Å². The van der Waals surface area contributed by atoms with Crippen molar-refractivity contribution in [3.63, 3.8) is 0 Å². The molecule has 2 aromatic heterocycles. The summed E-state index contributed by atoms with van der Waals surface area (Å²) in [5.41, 5.74) is 14.2. The Hall–Kier alpha value is -7.41. The normalized spacial score (nSPS) is 12.8. The fourth-order valence-corrected chi connectivity index (χ4v) is 10.9. The summed E-state index contributed by atoms with van der Waals surface area (Å²) in [7, 11) is 0. The first kappa shape index (κ1) is 54.9. The summed E-state index contributed by atoms with van der Waals surface area (Å²) in [5.74, 6) is -0.838. The number of ether oxygens (including phenoxy) is 1. The van der Waals surface area contributed by atoms with Gasteiger partial charge in [0.05, 0.1) is 5.56 Å². The first-order valence-electron chi connectivity index (χ1n) is 26.9. The van der Waals surface area contributed by atoms with Gasteiger partial charge in [0.25, 0.3) is 0 Å². The van der Waals surface area contributed by atoms with Gasteiger partial charge in [-0.15, -0.1) is 53.6 Å². The molecule has 9 heteroatoms. The van der Waals surface area contributed by atoms with E-state index in [0.717, 1.165) is 101 Å². The summed E-state index contributed by atoms with van der Waals surface area (Å²) in [5, 5.41) is 2.10. The van der Waals surface area contributed by atoms with Gasteiger partial charge < -0.3 is 19.1 Å². The maximum absolute atomic E-state index is 16.7. The summed E-state index contributed by atoms with van der Waals surface area (Å²) in [6, 6.07) is 54.5. The number of rotatable bonds is 10. The first-order valence-corrected chi connectivity index (χ1v) is 26.9. The second-order valence-electron chi connectivity index (χ2n) is 23.5. The van der Waals surface area contributed by atoms with E-state index in [9.17, 15) is 4.39 Å². The van der Waals surface area contributed by atoms with Crippen LogP contribution in [-0.2, 0) is 31.9 Å². The molecule has 404 valence electrons. The van der Waals surface area contributed by atoms with E-state index in [1.54, 1.807) is 0 Å². The van der Waals surface area contributed by atoms with Gasteiger partial charge in [0.1, 0.15) is 23.3 Å². The zero-order valence-corrected chi connectivity index (χ0v) is 49.1. The molecule has 1 aliphatic rings. The van der Waals surface area contributed by atoms with Gasteiger partial charge in [-0.2, -0.15) is 6.07 Å². The maximum Gasteiger partial charge on any atom is 0.136 e. The Balaban J connectivity index is 0.00000704. The minimum absolute atomic E-state index is 0. The van der Waals surface area contributed by atoms with Crippen LogP contribution in [0.4, 0.5) is 35.9 Å². The number of fused-ring (bicyclic) bond motifs is 4. The molecule has 5 nitrogen and oxygen atoms in total. The molecule has 3 heterocycles. The number of anilines is 4. The molecule has 0 unspecified atom stereocenters. The number of aryl methyl sites for hydroxylation is 2. The molecule has 0 fully saturated rings. The van der Waals surface area contributed by atoms with Gasteiger partial charge in [0.2, 0.25) is 0 Å². The summed E-state index contributed by atoms with van der Waals surface area (Å²) in [6.45, 7) is 27.8. The van der Waals surface area contributed by atoms with Crippen molar-refractivity contribution in [3.8, 4) is 50.7 Å². The molecule has 0 bridgehead atoms. The second kappa shape index (κ2) is 21.0. The molecule has 0 N–H and O–H groups in total. The van der Waals surface area contributed by atoms with Gasteiger partial charge in [-0.1, -0.05) is 141 Å². The molecule has 0 saturated carbocycles. The minimum atomic E-state index is -0.990. The van der Waals surface area contributed by atoms with Crippen LogP contribution >= 0.6 is 0 Å². The van der Waals surface area contributed by atoms with E-state index in [1.807, 2.05) is 66.3 Å². The number of nitrogens with zero attached hydrogens (tertiary/aromatic N) is 4. The van der Waals surface area contributed by atoms with Gasteiger partial charge in [-0.25, -0.2) is 18.2 Å². The van der Waals surface area contributed by atoms with Crippen LogP contribution in [0.3, 0.4) is 0 Å². The molecule has 0 radical (unpaired) electrons. The van der Waals surface area contributed by atoms with Crippen LogP contribution < -0.4 is 14.5 Å². The van der Waals surface area contributed by atoms with Crippen molar-refractivity contribution in [2.24, 2.45) is 0 Å². The molecule has 8 aromatic carbocycles. The zero-order chi connectivity index (χ0) is 55.1. The molecule has 0 saturated heterocycles. The van der Waals surface area contributed by atoms with Crippen molar-refractivity contribution >= 4 is 44.6 Å². The fraction of sp³-hybridized carbons (Fsp3) is 0.229. The summed E-state index contributed by atoms with van der Waals surface area (Å²) >= 11 is 0. The van der Waals surface area contributed by atoms with Crippen molar-refractivity contribution in [1.29, 1.82) is 0 Å². The molecule has 0 aliphatic carbocycles. The Kier molecular flexibility index (Phi) is 14.6. The first-order chi connectivity index (χ1) is 37.1. The quantitative estimate of drug-likeness (QED) is 0.128. The number of halogens is 3. The van der Waals surface area contributed by atoms with Crippen molar-refractivity contribution in [2.75, 3.05) is 9.80 Å². The van der Waals surface area contributed by atoms with Gasteiger partial charge in [-0.05, 0) is 129 Å². The van der Waals surface area contributed by atoms with E-state index in [4.69, 9.17) is 9.72 Å². The Bertz CT molecular complexity index is 3920. The number of hydrogen-bond acceptors (Lipinski definition) is 4. The third-order valence-corrected chi connectivity index (χ3v) is 15.2. The number of pyridine rings is 1. The Labute approximate surface area is 478 Å². The molecule has 1 aliphatic heterocycles. The summed E-state index contributed by atoms with van der Waals surface area (Å²) < 4.78 is 57.4. The number of para-hydroxylation sites is 3. The summed E-state index contributed by atoms with van der Waals surface area (Å²) in [6.07, 6.45) is 1.87. The standard InChI is InChI=1S/C70H64F3N4O.Pt/c1-41(2)45-28-46(42(3)4)30-47(29-45)57-33-50(70(10,11)12)34-58(67-59(72)36-51(71)37-60(67)73)68(57)76-40-75(62-22-15-16-23-63(62)76)52-31-48(66-43(5)18-17-19-44(66)6)32-54(38-52)78-53-24-25-56-55-20-13-14-21-61(55)77(64(56)39-53)65-35-49(26-27-74-65)69(7,8)9;/h13-37,40-42H,1-12H3;/q-3;. The molecule has 0 amide bonds. The minimum Gasteiger partial charge on any atom is -0.509 e. The topological polar surface area (TPSA) is 33.5 Å². The van der Waals surface area contributed by atoms with Crippen LogP contribution in [0.15, 0.2) is 152 Å². The largest absolute Gasteiger partial charge is 0.509 e. The maximum atomic E-state index is 16.7. The van der Waals surface area contributed by atoms with Crippen LogP contribution in [0.25, 0.3) is 61.0 Å². The van der Waals surface area contributed by atoms with Crippen LogP contribution in [0, 0.1) is 50.1 Å². The smallest absolute Gasteiger partial charge is 0.136 e. The average Bonchev–Trinajstić information content (AvgIpc) is 3.95. The average molecular weight is 1230 g/mol. The van der Waals surface area contributed by atoms with E-state index >= 15 is 8.78 Å². The molecule has 11 rings (SSSR count). The molecule has 79 heavy (non-hydrogen) atoms. The van der Waals surface area contributed by atoms with Crippen molar-refractivity contribution < 1.29 is 39.0 Å². The van der Waals surface area contributed by atoms with E-state index in [1.165, 1.54) is 5.56 Å². The van der Waals surface area contributed by atoms with Gasteiger partial charge in [0.15, 0.2) is 0 Å². The van der Waals surface area contributed by atoms with Crippen molar-refractivity contribution in [2.45, 2.75) is 106 Å². The van der Waals surface area contributed by atoms with Crippen LogP contribution in [0.2, 0.25) is 0 Å². The Morgan fingerprint density at radius 1 is 0.557 bits per heavy atom. The number of aromatic nitrogens is 2. The van der Waals surface area contributed by atoms with Gasteiger partial charge in [-0.3, -0.25) is 0 Å². The number of hydrogen-bond donors (Lipinski definition) is 0. The second-order valence-corrected chi connectivity index (χ2v) is 23.5. The van der Waals surface area contributed by atoms with Gasteiger partial charge in [0, 0.05) is 84.6 Å². The number of benzene rings is 8. The Morgan fingerprint density at radius 2 is 1.18 bits per heavy atom. The fourth-order valence-electron chi connectivity index (χ4n) is 10.9. The summed E-state index contributed by atoms with van der Waals surface area (Å²) in [4.78, 5) is 8.98.